The number of nitrogens with zero attached hydrogens (tertiary/aromatic N) is 1. The van der Waals surface area contributed by atoms with Crippen molar-refractivity contribution in [2.75, 3.05) is 13.7 Å². The summed E-state index contributed by atoms with van der Waals surface area (Å²) in [4.78, 5) is 38.2. The van der Waals surface area contributed by atoms with Crippen LogP contribution < -0.4 is 4.74 Å². The monoisotopic (exact) mass is 613 g/mol. The smallest absolute Gasteiger partial charge is 0.409 e. The van der Waals surface area contributed by atoms with Crippen molar-refractivity contribution in [3.63, 3.8) is 0 Å². The normalized spacial score (nSPS) is 31.2. The molecule has 18 nitrogen and oxygen atoms in total. The molecule has 0 bridgehead atoms. The number of carbonyl (C=O) groups is 2. The number of halogens is 1. The van der Waals surface area contributed by atoms with Gasteiger partial charge >= 0.3 is 11.9 Å². The van der Waals surface area contributed by atoms with E-state index in [1.165, 1.54) is 7.11 Å². The fourth-order valence-corrected chi connectivity index (χ4v) is 5.17. The van der Waals surface area contributed by atoms with E-state index < -0.39 is 119 Å². The van der Waals surface area contributed by atoms with Crippen molar-refractivity contribution in [2.24, 2.45) is 17.0 Å². The Kier molecular flexibility index (Phi) is 9.35. The lowest BCUT2D eigenvalue weighted by atomic mass is 9.70. The zero-order valence-electron chi connectivity index (χ0n) is 20.9. The van der Waals surface area contributed by atoms with Gasteiger partial charge < -0.3 is 70.4 Å². The van der Waals surface area contributed by atoms with Crippen molar-refractivity contribution >= 4 is 23.2 Å². The molecule has 1 heterocycles. The van der Waals surface area contributed by atoms with Gasteiger partial charge in [0, 0.05) is 25.0 Å². The Bertz CT molecular complexity index is 1160. The van der Waals surface area contributed by atoms with Crippen LogP contribution in [-0.4, -0.2) is 129 Å². The number of carbonyl (C=O) groups excluding carboxylic acids is 2. The quantitative estimate of drug-likeness (QED) is 0.0420. The Hall–Kier alpha value is -2.91. The number of Topliss-reactive ketones (excluding diaryl/α,β-unsaturated/α-hetero) is 2. The van der Waals surface area contributed by atoms with Crippen LogP contribution in [-0.2, 0) is 25.5 Å². The highest BCUT2D eigenvalue weighted by atomic mass is 35.5. The van der Waals surface area contributed by atoms with E-state index in [-0.39, 0.29) is 6.42 Å². The van der Waals surface area contributed by atoms with Gasteiger partial charge in [-0.15, -0.1) is 11.6 Å². The summed E-state index contributed by atoms with van der Waals surface area (Å²) in [6, 6.07) is -1.44. The molecule has 0 spiro atoms. The topological polar surface area (TPSA) is 314 Å². The van der Waals surface area contributed by atoms with Crippen LogP contribution >= 0.6 is 11.6 Å². The highest BCUT2D eigenvalue weighted by Gasteiger charge is 2.57. The van der Waals surface area contributed by atoms with E-state index >= 15 is 0 Å². The van der Waals surface area contributed by atoms with Gasteiger partial charge in [-0.25, -0.2) is 0 Å². The fourth-order valence-electron chi connectivity index (χ4n) is 4.82. The molecule has 0 aromatic heterocycles. The van der Waals surface area contributed by atoms with Gasteiger partial charge in [-0.1, -0.05) is 5.18 Å². The molecular weight excluding hydrogens is 586 g/mol. The van der Waals surface area contributed by atoms with Gasteiger partial charge in [0.05, 0.1) is 30.8 Å². The molecule has 0 amide bonds. The molecule has 1 aliphatic carbocycles. The van der Waals surface area contributed by atoms with Crippen LogP contribution in [0.3, 0.4) is 0 Å². The van der Waals surface area contributed by atoms with Gasteiger partial charge in [-0.2, -0.15) is 4.91 Å². The number of phenols is 4. The lowest BCUT2D eigenvalue weighted by molar-refractivity contribution is -0.502. The van der Waals surface area contributed by atoms with Crippen molar-refractivity contribution in [2.45, 2.75) is 60.6 Å². The molecule has 41 heavy (non-hydrogen) atoms. The lowest BCUT2D eigenvalue weighted by Gasteiger charge is -2.44. The Morgan fingerprint density at radius 1 is 1.00 bits per heavy atom. The van der Waals surface area contributed by atoms with Crippen LogP contribution in [0, 0.1) is 16.7 Å². The zero-order valence-corrected chi connectivity index (χ0v) is 21.7. The zero-order chi connectivity index (χ0) is 31.2. The fraction of sp³-hybridized carbons (Fsp3) is 0.636. The van der Waals surface area contributed by atoms with Crippen LogP contribution in [0.25, 0.3) is 0 Å². The van der Waals surface area contributed by atoms with Gasteiger partial charge in [0.15, 0.2) is 17.3 Å². The van der Waals surface area contributed by atoms with Gasteiger partial charge in [-0.05, 0) is 6.42 Å². The standard InChI is InChI=1S/C22H28ClNO17/c1-39-8-2-5(4-25)40-19(11(8)24-38)9-12(26)6(10(23)16(30)15(9)29)3-7-13(27)17(31)20(18(32)14(7)28)41-22(36,37)21(33,34)35/h5-6,8-11,15,19,25,27-29,31-37H,2-4H2,1H3. The number of aliphatic hydroxyl groups excluding tert-OH is 2. The minimum absolute atomic E-state index is 0.0198. The Balaban J connectivity index is 2.04. The molecule has 1 saturated carbocycles. The van der Waals surface area contributed by atoms with Crippen molar-refractivity contribution in [3.8, 4) is 28.7 Å². The Morgan fingerprint density at radius 2 is 1.56 bits per heavy atom. The van der Waals surface area contributed by atoms with Gasteiger partial charge in [-0.3, -0.25) is 9.59 Å². The maximum atomic E-state index is 13.6. The van der Waals surface area contributed by atoms with Crippen molar-refractivity contribution in [1.29, 1.82) is 0 Å². The summed E-state index contributed by atoms with van der Waals surface area (Å²) in [7, 11) is 1.22. The summed E-state index contributed by atoms with van der Waals surface area (Å²) in [5.74, 6) is -22.0. The molecule has 8 unspecified atom stereocenters. The molecule has 230 valence electrons. The minimum Gasteiger partial charge on any atom is -0.504 e. The molecule has 8 atom stereocenters. The van der Waals surface area contributed by atoms with E-state index in [9.17, 15) is 55.3 Å². The van der Waals surface area contributed by atoms with E-state index in [0.717, 1.165) is 0 Å². The Labute approximate surface area is 234 Å². The third-order valence-corrected chi connectivity index (χ3v) is 7.57. The number of benzene rings is 1. The maximum absolute atomic E-state index is 13.6. The summed E-state index contributed by atoms with van der Waals surface area (Å²) >= 11 is 6.13. The predicted octanol–water partition coefficient (Wildman–Crippen LogP) is -3.65. The second-order valence-corrected chi connectivity index (χ2v) is 10.0. The minimum atomic E-state index is -4.40. The van der Waals surface area contributed by atoms with E-state index in [0.29, 0.717) is 0 Å². The third-order valence-electron chi connectivity index (χ3n) is 7.05. The second kappa shape index (κ2) is 11.8. The summed E-state index contributed by atoms with van der Waals surface area (Å²) in [6.07, 6.45) is -6.64. The van der Waals surface area contributed by atoms with E-state index in [1.807, 2.05) is 0 Å². The molecule has 2 fully saturated rings. The van der Waals surface area contributed by atoms with Crippen LogP contribution in [0.4, 0.5) is 0 Å². The molecule has 1 saturated heterocycles. The summed E-state index contributed by atoms with van der Waals surface area (Å²) in [5.41, 5.74) is -0.860. The average Bonchev–Trinajstić information content (AvgIpc) is 2.91. The van der Waals surface area contributed by atoms with Gasteiger partial charge in [0.2, 0.25) is 17.2 Å². The van der Waals surface area contributed by atoms with Crippen LogP contribution in [0.15, 0.2) is 5.18 Å². The number of hydrogen-bond acceptors (Lipinski definition) is 18. The molecular formula is C22H28ClNO17. The van der Waals surface area contributed by atoms with Crippen molar-refractivity contribution in [3.05, 3.63) is 10.5 Å². The summed E-state index contributed by atoms with van der Waals surface area (Å²) < 4.78 is 15.0. The Morgan fingerprint density at radius 3 is 2.02 bits per heavy atom. The van der Waals surface area contributed by atoms with Crippen molar-refractivity contribution < 1.29 is 80.0 Å². The molecule has 2 aliphatic rings. The molecule has 1 aromatic carbocycles. The number of ketones is 2. The predicted molar refractivity (Wildman–Crippen MR) is 127 cm³/mol. The largest absolute Gasteiger partial charge is 0.504 e. The average molecular weight is 614 g/mol. The first-order valence-corrected chi connectivity index (χ1v) is 12.2. The van der Waals surface area contributed by atoms with E-state index in [4.69, 9.17) is 36.4 Å². The first-order valence-electron chi connectivity index (χ1n) is 11.7. The lowest BCUT2D eigenvalue weighted by Crippen LogP contribution is -2.62. The number of alkyl halides is 1. The van der Waals surface area contributed by atoms with Gasteiger partial charge in [0.1, 0.15) is 23.3 Å². The van der Waals surface area contributed by atoms with E-state index in [1.54, 1.807) is 0 Å². The third kappa shape index (κ3) is 5.75. The van der Waals surface area contributed by atoms with Crippen LogP contribution in [0.5, 0.6) is 28.7 Å². The first kappa shape index (κ1) is 32.6. The summed E-state index contributed by atoms with van der Waals surface area (Å²) in [5, 5.41) is 109. The highest BCUT2D eigenvalue weighted by Crippen LogP contribution is 2.54. The first-order chi connectivity index (χ1) is 18.9. The SMILES string of the molecule is COC1CC(CO)OC(C2C(=O)C(Cc3c(O)c(O)c(OC(O)(O)C(O)(O)O)c(O)c3O)C(Cl)C(=O)C2O)C1N=O. The molecule has 11 N–H and O–H groups in total. The second-order valence-electron chi connectivity index (χ2n) is 9.55. The molecule has 1 aliphatic heterocycles. The number of methoxy groups -OCH3 is 1. The van der Waals surface area contributed by atoms with Crippen LogP contribution in [0.1, 0.15) is 12.0 Å². The molecule has 0 radical (unpaired) electrons. The maximum Gasteiger partial charge on any atom is 0.409 e. The highest BCUT2D eigenvalue weighted by molar-refractivity contribution is 6.34. The number of nitroso groups, excluding NO2 is 1. The molecule has 19 heteroatoms. The van der Waals surface area contributed by atoms with Crippen LogP contribution in [0.2, 0.25) is 0 Å². The number of ether oxygens (including phenoxy) is 3. The summed E-state index contributed by atoms with van der Waals surface area (Å²) in [6.45, 7) is -0.587. The molecule has 1 aromatic rings. The number of hydrogen-bond donors (Lipinski definition) is 11. The van der Waals surface area contributed by atoms with Crippen molar-refractivity contribution in [1.82, 2.24) is 0 Å². The number of rotatable bonds is 9. The molecule has 3 rings (SSSR count). The number of phenolic OH excluding ortho intramolecular Hbond substituents is 4. The van der Waals surface area contributed by atoms with E-state index in [2.05, 4.69) is 9.91 Å². The number of aliphatic hydroxyl groups is 7. The number of aromatic hydroxyl groups is 4. The van der Waals surface area contributed by atoms with Gasteiger partial charge in [0.25, 0.3) is 0 Å².